The molecule has 3 rings (SSSR count). The molecule has 0 N–H and O–H groups in total. The maximum absolute atomic E-state index is 12.7. The summed E-state index contributed by atoms with van der Waals surface area (Å²) in [6, 6.07) is 10.3. The van der Waals surface area contributed by atoms with Gasteiger partial charge in [0.25, 0.3) is 0 Å². The van der Waals surface area contributed by atoms with Gasteiger partial charge in [-0.3, -0.25) is 9.48 Å². The molecule has 0 atom stereocenters. The lowest BCUT2D eigenvalue weighted by Crippen LogP contribution is -2.37. The van der Waals surface area contributed by atoms with Crippen molar-refractivity contribution < 1.29 is 13.2 Å². The van der Waals surface area contributed by atoms with E-state index in [1.807, 2.05) is 18.2 Å². The van der Waals surface area contributed by atoms with Gasteiger partial charge in [-0.2, -0.15) is 9.40 Å². The Morgan fingerprint density at radius 1 is 1.07 bits per heavy atom. The van der Waals surface area contributed by atoms with E-state index in [9.17, 15) is 13.2 Å². The molecule has 2 aromatic rings. The average molecular weight is 405 g/mol. The number of rotatable bonds is 7. The smallest absolute Gasteiger partial charge is 0.246 e. The Balaban J connectivity index is 1.47. The molecule has 152 valence electrons. The van der Waals surface area contributed by atoms with Crippen LogP contribution in [0.5, 0.6) is 0 Å². The van der Waals surface area contributed by atoms with Crippen molar-refractivity contribution in [2.75, 3.05) is 26.2 Å². The lowest BCUT2D eigenvalue weighted by molar-refractivity contribution is -0.131. The molecule has 1 aliphatic heterocycles. The summed E-state index contributed by atoms with van der Waals surface area (Å²) in [6.07, 6.45) is 6.85. The van der Waals surface area contributed by atoms with Gasteiger partial charge < -0.3 is 4.90 Å². The van der Waals surface area contributed by atoms with Crippen LogP contribution in [0.1, 0.15) is 31.2 Å². The molecular weight excluding hydrogens is 376 g/mol. The number of amides is 1. The first-order chi connectivity index (χ1) is 13.5. The molecule has 0 radical (unpaired) electrons. The topological polar surface area (TPSA) is 75.5 Å². The summed E-state index contributed by atoms with van der Waals surface area (Å²) in [5.41, 5.74) is 1.29. The Kier molecular flexibility index (Phi) is 6.85. The number of carbonyl (C=O) groups is 1. The fraction of sp³-hybridized carbons (Fsp3) is 0.500. The summed E-state index contributed by atoms with van der Waals surface area (Å²) in [6.45, 7) is 1.80. The number of carbonyl (C=O) groups excluding carboxylic acids is 1. The van der Waals surface area contributed by atoms with Crippen molar-refractivity contribution in [3.63, 3.8) is 0 Å². The third kappa shape index (κ3) is 5.20. The molecule has 8 heteroatoms. The van der Waals surface area contributed by atoms with E-state index in [0.29, 0.717) is 39.0 Å². The highest BCUT2D eigenvalue weighted by atomic mass is 32.2. The maximum atomic E-state index is 12.7. The van der Waals surface area contributed by atoms with Crippen LogP contribution in [0.4, 0.5) is 0 Å². The van der Waals surface area contributed by atoms with Gasteiger partial charge in [0.15, 0.2) is 0 Å². The van der Waals surface area contributed by atoms with Gasteiger partial charge in [-0.1, -0.05) is 30.3 Å². The molecule has 0 unspecified atom stereocenters. The largest absolute Gasteiger partial charge is 0.341 e. The van der Waals surface area contributed by atoms with Gasteiger partial charge in [-0.25, -0.2) is 8.42 Å². The zero-order valence-electron chi connectivity index (χ0n) is 16.3. The number of aryl methyl sites for hydroxylation is 2. The van der Waals surface area contributed by atoms with Gasteiger partial charge in [0, 0.05) is 45.8 Å². The second kappa shape index (κ2) is 9.34. The minimum atomic E-state index is -3.55. The van der Waals surface area contributed by atoms with Gasteiger partial charge in [0.2, 0.25) is 15.9 Å². The van der Waals surface area contributed by atoms with Gasteiger partial charge >= 0.3 is 0 Å². The molecule has 1 amide bonds. The number of aromatic nitrogens is 2. The molecule has 0 aliphatic carbocycles. The van der Waals surface area contributed by atoms with Crippen LogP contribution in [0.2, 0.25) is 0 Å². The highest BCUT2D eigenvalue weighted by Crippen LogP contribution is 2.17. The molecule has 0 spiro atoms. The first-order valence-corrected chi connectivity index (χ1v) is 11.2. The highest BCUT2D eigenvalue weighted by molar-refractivity contribution is 7.89. The van der Waals surface area contributed by atoms with E-state index in [4.69, 9.17) is 0 Å². The zero-order chi connectivity index (χ0) is 20.0. The fourth-order valence-corrected chi connectivity index (χ4v) is 4.93. The Morgan fingerprint density at radius 3 is 2.57 bits per heavy atom. The predicted molar refractivity (Wildman–Crippen MR) is 107 cm³/mol. The van der Waals surface area contributed by atoms with Crippen LogP contribution < -0.4 is 0 Å². The van der Waals surface area contributed by atoms with Crippen LogP contribution >= 0.6 is 0 Å². The second-order valence-corrected chi connectivity index (χ2v) is 9.12. The van der Waals surface area contributed by atoms with Crippen molar-refractivity contribution in [2.45, 2.75) is 37.0 Å². The number of hydrogen-bond acceptors (Lipinski definition) is 4. The monoisotopic (exact) mass is 404 g/mol. The molecule has 1 aromatic carbocycles. The molecule has 0 saturated carbocycles. The minimum Gasteiger partial charge on any atom is -0.341 e. The van der Waals surface area contributed by atoms with Crippen molar-refractivity contribution >= 4 is 15.9 Å². The molecule has 0 bridgehead atoms. The first kappa shape index (κ1) is 20.5. The SMILES string of the molecule is Cn1cc(S(=O)(=O)N2CCCN(C(=O)CCCCc3ccccc3)CC2)cn1. The summed E-state index contributed by atoms with van der Waals surface area (Å²) < 4.78 is 28.4. The molecule has 7 nitrogen and oxygen atoms in total. The fourth-order valence-electron chi connectivity index (χ4n) is 3.47. The van der Waals surface area contributed by atoms with Crippen LogP contribution in [0.25, 0.3) is 0 Å². The third-order valence-corrected chi connectivity index (χ3v) is 6.93. The quantitative estimate of drug-likeness (QED) is 0.662. The van der Waals surface area contributed by atoms with Gasteiger partial charge in [0.1, 0.15) is 4.90 Å². The highest BCUT2D eigenvalue weighted by Gasteiger charge is 2.29. The molecule has 1 fully saturated rings. The number of unbranched alkanes of at least 4 members (excludes halogenated alkanes) is 1. The molecule has 1 aromatic heterocycles. The molecule has 1 saturated heterocycles. The van der Waals surface area contributed by atoms with Crippen LogP contribution in [0.15, 0.2) is 47.6 Å². The standard InChI is InChI=1S/C20H28N4O3S/c1-22-17-19(16-21-22)28(26,27)24-13-7-12-23(14-15-24)20(25)11-6-5-10-18-8-3-2-4-9-18/h2-4,8-9,16-17H,5-7,10-15H2,1H3. The van der Waals surface area contributed by atoms with Crippen LogP contribution in [-0.2, 0) is 28.3 Å². The van der Waals surface area contributed by atoms with Crippen molar-refractivity contribution in [3.05, 3.63) is 48.3 Å². The van der Waals surface area contributed by atoms with Gasteiger partial charge in [-0.15, -0.1) is 0 Å². The van der Waals surface area contributed by atoms with Crippen molar-refractivity contribution in [2.24, 2.45) is 7.05 Å². The number of hydrogen-bond donors (Lipinski definition) is 0. The maximum Gasteiger partial charge on any atom is 0.246 e. The average Bonchev–Trinajstić information content (AvgIpc) is 2.98. The molecular formula is C20H28N4O3S. The lowest BCUT2D eigenvalue weighted by atomic mass is 10.1. The summed E-state index contributed by atoms with van der Waals surface area (Å²) in [5, 5.41) is 3.95. The Hall–Kier alpha value is -2.19. The minimum absolute atomic E-state index is 0.119. The van der Waals surface area contributed by atoms with Crippen LogP contribution in [0.3, 0.4) is 0 Å². The van der Waals surface area contributed by atoms with E-state index in [1.165, 1.54) is 26.9 Å². The van der Waals surface area contributed by atoms with Gasteiger partial charge in [-0.05, 0) is 31.2 Å². The normalized spacial score (nSPS) is 16.1. The lowest BCUT2D eigenvalue weighted by Gasteiger charge is -2.21. The Morgan fingerprint density at radius 2 is 1.86 bits per heavy atom. The van der Waals surface area contributed by atoms with E-state index < -0.39 is 10.0 Å². The van der Waals surface area contributed by atoms with E-state index >= 15 is 0 Å². The van der Waals surface area contributed by atoms with Crippen molar-refractivity contribution in [1.82, 2.24) is 19.0 Å². The van der Waals surface area contributed by atoms with E-state index in [-0.39, 0.29) is 10.8 Å². The summed E-state index contributed by atoms with van der Waals surface area (Å²) in [7, 11) is -1.86. The predicted octanol–water partition coefficient (Wildman–Crippen LogP) is 2.06. The molecule has 2 heterocycles. The summed E-state index contributed by atoms with van der Waals surface area (Å²) >= 11 is 0. The molecule has 1 aliphatic rings. The zero-order valence-corrected chi connectivity index (χ0v) is 17.1. The van der Waals surface area contributed by atoms with Crippen LogP contribution in [0, 0.1) is 0 Å². The van der Waals surface area contributed by atoms with E-state index in [1.54, 1.807) is 11.9 Å². The first-order valence-electron chi connectivity index (χ1n) is 9.77. The number of sulfonamides is 1. The van der Waals surface area contributed by atoms with Crippen molar-refractivity contribution in [3.8, 4) is 0 Å². The molecule has 28 heavy (non-hydrogen) atoms. The summed E-state index contributed by atoms with van der Waals surface area (Å²) in [5.74, 6) is 0.119. The van der Waals surface area contributed by atoms with E-state index in [0.717, 1.165) is 19.3 Å². The van der Waals surface area contributed by atoms with E-state index in [2.05, 4.69) is 17.2 Å². The van der Waals surface area contributed by atoms with Crippen LogP contribution in [-0.4, -0.2) is 59.5 Å². The summed E-state index contributed by atoms with van der Waals surface area (Å²) in [4.78, 5) is 14.5. The number of nitrogens with zero attached hydrogens (tertiary/aromatic N) is 4. The third-order valence-electron chi connectivity index (χ3n) is 5.08. The number of benzene rings is 1. The van der Waals surface area contributed by atoms with Crippen molar-refractivity contribution in [1.29, 1.82) is 0 Å². The second-order valence-electron chi connectivity index (χ2n) is 7.18. The van der Waals surface area contributed by atoms with Gasteiger partial charge in [0.05, 0.1) is 6.20 Å². The Bertz CT molecular complexity index is 880. The Labute approximate surface area is 167 Å².